The molecule has 1 aromatic rings. The molecule has 0 aliphatic carbocycles. The largest absolute Gasteiger partial charge is 0.303 e. The van der Waals surface area contributed by atoms with Crippen LogP contribution >= 0.6 is 22.6 Å². The fourth-order valence-corrected chi connectivity index (χ4v) is 1.08. The zero-order chi connectivity index (χ0) is 7.40. The molecule has 0 amide bonds. The van der Waals surface area contributed by atoms with E-state index in [0.29, 0.717) is 6.42 Å². The number of aldehydes is 1. The zero-order valence-electron chi connectivity index (χ0n) is 5.38. The molecule has 0 fully saturated rings. The van der Waals surface area contributed by atoms with Crippen molar-refractivity contribution >= 4 is 28.9 Å². The predicted molar refractivity (Wildman–Crippen MR) is 48.9 cm³/mol. The number of benzene rings is 1. The Balaban J connectivity index is 2.78. The van der Waals surface area contributed by atoms with E-state index in [-0.39, 0.29) is 0 Å². The highest BCUT2D eigenvalue weighted by Crippen LogP contribution is 2.05. The quantitative estimate of drug-likeness (QED) is 0.576. The highest BCUT2D eigenvalue weighted by atomic mass is 127. The molecule has 0 bridgehead atoms. The lowest BCUT2D eigenvalue weighted by molar-refractivity contribution is -0.107. The Kier molecular flexibility index (Phi) is 2.86. The highest BCUT2D eigenvalue weighted by molar-refractivity contribution is 14.1. The summed E-state index contributed by atoms with van der Waals surface area (Å²) in [7, 11) is 0. The fraction of sp³-hybridized carbons (Fsp3) is 0.125. The third-order valence-corrected chi connectivity index (χ3v) is 1.95. The average Bonchev–Trinajstić information content (AvgIpc) is 1.95. The maximum absolute atomic E-state index is 10.1. The van der Waals surface area contributed by atoms with Gasteiger partial charge in [-0.15, -0.1) is 0 Å². The molecule has 0 heterocycles. The molecule has 0 N–H and O–H groups in total. The Morgan fingerprint density at radius 2 is 1.90 bits per heavy atom. The summed E-state index contributed by atoms with van der Waals surface area (Å²) in [6.45, 7) is 0. The van der Waals surface area contributed by atoms with Crippen LogP contribution in [-0.2, 0) is 11.2 Å². The molecular weight excluding hydrogens is 239 g/mol. The van der Waals surface area contributed by atoms with Crippen LogP contribution in [0.2, 0.25) is 0 Å². The molecule has 10 heavy (non-hydrogen) atoms. The van der Waals surface area contributed by atoms with Gasteiger partial charge in [-0.1, -0.05) is 12.1 Å². The number of halogens is 1. The van der Waals surface area contributed by atoms with Crippen LogP contribution < -0.4 is 0 Å². The van der Waals surface area contributed by atoms with Gasteiger partial charge in [0.25, 0.3) is 0 Å². The standard InChI is InChI=1S/C8H7IO/c9-8-3-1-7(2-4-8)5-6-10/h1-4,6H,5H2. The summed E-state index contributed by atoms with van der Waals surface area (Å²) < 4.78 is 1.20. The molecule has 0 unspecified atom stereocenters. The van der Waals surface area contributed by atoms with Crippen molar-refractivity contribution in [2.24, 2.45) is 0 Å². The van der Waals surface area contributed by atoms with Gasteiger partial charge in [-0.2, -0.15) is 0 Å². The summed E-state index contributed by atoms with van der Waals surface area (Å²) in [4.78, 5) is 10.1. The van der Waals surface area contributed by atoms with Crippen LogP contribution in [0.3, 0.4) is 0 Å². The summed E-state index contributed by atoms with van der Waals surface area (Å²) in [5.41, 5.74) is 1.08. The smallest absolute Gasteiger partial charge is 0.124 e. The van der Waals surface area contributed by atoms with Gasteiger partial charge in [0.1, 0.15) is 6.29 Å². The predicted octanol–water partition coefficient (Wildman–Crippen LogP) is 2.03. The number of carbonyl (C=O) groups is 1. The lowest BCUT2D eigenvalue weighted by Crippen LogP contribution is -1.84. The molecule has 0 aliphatic rings. The third kappa shape index (κ3) is 2.10. The highest BCUT2D eigenvalue weighted by Gasteiger charge is 1.89. The van der Waals surface area contributed by atoms with Crippen LogP contribution in [0.5, 0.6) is 0 Å². The van der Waals surface area contributed by atoms with E-state index < -0.39 is 0 Å². The molecule has 0 aromatic heterocycles. The molecule has 0 saturated heterocycles. The van der Waals surface area contributed by atoms with E-state index in [2.05, 4.69) is 22.6 Å². The first-order valence-electron chi connectivity index (χ1n) is 3.01. The van der Waals surface area contributed by atoms with Gasteiger partial charge in [0.15, 0.2) is 0 Å². The molecule has 0 spiro atoms. The van der Waals surface area contributed by atoms with Crippen LogP contribution in [0.4, 0.5) is 0 Å². The Morgan fingerprint density at radius 3 is 2.40 bits per heavy atom. The van der Waals surface area contributed by atoms with E-state index >= 15 is 0 Å². The SMILES string of the molecule is O=CCc1ccc(I)cc1. The van der Waals surface area contributed by atoms with E-state index in [1.807, 2.05) is 24.3 Å². The molecule has 1 rings (SSSR count). The van der Waals surface area contributed by atoms with Gasteiger partial charge in [-0.3, -0.25) is 0 Å². The molecule has 0 atom stereocenters. The van der Waals surface area contributed by atoms with Gasteiger partial charge >= 0.3 is 0 Å². The first-order valence-corrected chi connectivity index (χ1v) is 4.09. The van der Waals surface area contributed by atoms with Gasteiger partial charge in [0, 0.05) is 9.99 Å². The van der Waals surface area contributed by atoms with E-state index in [4.69, 9.17) is 0 Å². The van der Waals surface area contributed by atoms with Gasteiger partial charge in [0.05, 0.1) is 0 Å². The van der Waals surface area contributed by atoms with E-state index in [9.17, 15) is 4.79 Å². The van der Waals surface area contributed by atoms with E-state index in [1.54, 1.807) is 0 Å². The van der Waals surface area contributed by atoms with Crippen LogP contribution in [-0.4, -0.2) is 6.29 Å². The van der Waals surface area contributed by atoms with Crippen LogP contribution in [0, 0.1) is 3.57 Å². The Labute approximate surface area is 73.6 Å². The van der Waals surface area contributed by atoms with Crippen molar-refractivity contribution in [3.05, 3.63) is 33.4 Å². The zero-order valence-corrected chi connectivity index (χ0v) is 7.54. The summed E-state index contributed by atoms with van der Waals surface area (Å²) >= 11 is 2.24. The summed E-state index contributed by atoms with van der Waals surface area (Å²) in [5.74, 6) is 0. The minimum absolute atomic E-state index is 0.525. The van der Waals surface area contributed by atoms with E-state index in [0.717, 1.165) is 11.8 Å². The van der Waals surface area contributed by atoms with Crippen molar-refractivity contribution in [1.29, 1.82) is 0 Å². The third-order valence-electron chi connectivity index (χ3n) is 1.23. The summed E-state index contributed by atoms with van der Waals surface area (Å²) in [6.07, 6.45) is 1.44. The van der Waals surface area contributed by atoms with Gasteiger partial charge in [-0.25, -0.2) is 0 Å². The molecule has 0 aliphatic heterocycles. The van der Waals surface area contributed by atoms with Gasteiger partial charge in [0.2, 0.25) is 0 Å². The monoisotopic (exact) mass is 246 g/mol. The van der Waals surface area contributed by atoms with Gasteiger partial charge in [-0.05, 0) is 40.3 Å². The minimum Gasteiger partial charge on any atom is -0.303 e. The first kappa shape index (κ1) is 7.72. The maximum Gasteiger partial charge on any atom is 0.124 e. The number of hydrogen-bond acceptors (Lipinski definition) is 1. The van der Waals surface area contributed by atoms with Crippen molar-refractivity contribution < 1.29 is 4.79 Å². The van der Waals surface area contributed by atoms with Crippen molar-refractivity contribution in [2.75, 3.05) is 0 Å². The van der Waals surface area contributed by atoms with Crippen molar-refractivity contribution in [3.63, 3.8) is 0 Å². The second kappa shape index (κ2) is 3.71. The van der Waals surface area contributed by atoms with Crippen molar-refractivity contribution in [2.45, 2.75) is 6.42 Å². The fourth-order valence-electron chi connectivity index (χ4n) is 0.717. The summed E-state index contributed by atoms with van der Waals surface area (Å²) in [6, 6.07) is 7.94. The number of hydrogen-bond donors (Lipinski definition) is 0. The Hall–Kier alpha value is -0.380. The average molecular weight is 246 g/mol. The molecule has 1 aromatic carbocycles. The van der Waals surface area contributed by atoms with Crippen LogP contribution in [0.25, 0.3) is 0 Å². The van der Waals surface area contributed by atoms with Crippen molar-refractivity contribution in [1.82, 2.24) is 0 Å². The summed E-state index contributed by atoms with van der Waals surface area (Å²) in [5, 5.41) is 0. The lowest BCUT2D eigenvalue weighted by Gasteiger charge is -1.92. The number of rotatable bonds is 2. The minimum atomic E-state index is 0.525. The van der Waals surface area contributed by atoms with Crippen LogP contribution in [0.15, 0.2) is 24.3 Å². The first-order chi connectivity index (χ1) is 4.83. The normalized spacial score (nSPS) is 9.30. The molecular formula is C8H7IO. The van der Waals surface area contributed by atoms with Crippen LogP contribution in [0.1, 0.15) is 5.56 Å². The van der Waals surface area contributed by atoms with Crippen molar-refractivity contribution in [3.8, 4) is 0 Å². The molecule has 0 saturated carbocycles. The second-order valence-corrected chi connectivity index (χ2v) is 3.24. The molecule has 2 heteroatoms. The molecule has 52 valence electrons. The maximum atomic E-state index is 10.1. The molecule has 0 radical (unpaired) electrons. The second-order valence-electron chi connectivity index (χ2n) is 2.00. The lowest BCUT2D eigenvalue weighted by atomic mass is 10.2. The topological polar surface area (TPSA) is 17.1 Å². The van der Waals surface area contributed by atoms with Gasteiger partial charge < -0.3 is 4.79 Å². The number of carbonyl (C=O) groups excluding carboxylic acids is 1. The van der Waals surface area contributed by atoms with E-state index in [1.165, 1.54) is 3.57 Å². The Morgan fingerprint density at radius 1 is 1.30 bits per heavy atom. The Bertz CT molecular complexity index is 215. The molecule has 1 nitrogen and oxygen atoms in total.